The van der Waals surface area contributed by atoms with Crippen LogP contribution in [0.15, 0.2) is 4.52 Å². The summed E-state index contributed by atoms with van der Waals surface area (Å²) in [5.74, 6) is 3.03. The molecule has 0 amide bonds. The maximum Gasteiger partial charge on any atom is 0.324 e. The predicted octanol–water partition coefficient (Wildman–Crippen LogP) is 1.45. The number of hydrogen-bond donors (Lipinski definition) is 1. The van der Waals surface area contributed by atoms with Gasteiger partial charge in [-0.05, 0) is 43.4 Å². The molecule has 112 valence electrons. The Hall–Kier alpha value is -1.14. The standard InChI is InChI=1S/C14H23N3O3/c1-19-9-13-15-14(20-16-13)17-5-2-10(3-6-17)12-8-11(12)4-7-18/h10-12,18H,2-9H2,1H3/t11-,12-/m1/s1. The molecule has 0 spiro atoms. The van der Waals surface area contributed by atoms with Gasteiger partial charge in [-0.15, -0.1) is 0 Å². The third kappa shape index (κ3) is 2.96. The smallest absolute Gasteiger partial charge is 0.324 e. The molecule has 1 N–H and O–H groups in total. The molecule has 1 aromatic heterocycles. The molecule has 1 saturated heterocycles. The molecule has 0 radical (unpaired) electrons. The zero-order valence-electron chi connectivity index (χ0n) is 12.0. The lowest BCUT2D eigenvalue weighted by atomic mass is 9.91. The fraction of sp³-hybridized carbons (Fsp3) is 0.857. The van der Waals surface area contributed by atoms with Crippen LogP contribution in [0.3, 0.4) is 0 Å². The van der Waals surface area contributed by atoms with Crippen LogP contribution in [0.25, 0.3) is 0 Å². The molecule has 2 aliphatic rings. The quantitative estimate of drug-likeness (QED) is 0.851. The second kappa shape index (κ2) is 6.10. The summed E-state index contributed by atoms with van der Waals surface area (Å²) in [5, 5.41) is 12.9. The number of nitrogens with zero attached hydrogens (tertiary/aromatic N) is 3. The van der Waals surface area contributed by atoms with E-state index in [9.17, 15) is 0 Å². The molecule has 0 bridgehead atoms. The highest BCUT2D eigenvalue weighted by molar-refractivity contribution is 5.25. The fourth-order valence-electron chi connectivity index (χ4n) is 3.43. The van der Waals surface area contributed by atoms with Crippen LogP contribution < -0.4 is 4.90 Å². The Bertz CT molecular complexity index is 429. The van der Waals surface area contributed by atoms with Gasteiger partial charge >= 0.3 is 6.01 Å². The summed E-state index contributed by atoms with van der Waals surface area (Å²) in [6, 6.07) is 0.623. The summed E-state index contributed by atoms with van der Waals surface area (Å²) in [4.78, 5) is 6.52. The molecular formula is C14H23N3O3. The minimum atomic E-state index is 0.338. The minimum absolute atomic E-state index is 0.338. The number of aromatic nitrogens is 2. The van der Waals surface area contributed by atoms with Gasteiger partial charge in [0, 0.05) is 26.8 Å². The highest BCUT2D eigenvalue weighted by Gasteiger charge is 2.43. The second-order valence-corrected chi connectivity index (χ2v) is 5.92. The molecule has 2 fully saturated rings. The summed E-state index contributed by atoms with van der Waals surface area (Å²) in [6.45, 7) is 2.71. The maximum absolute atomic E-state index is 8.98. The van der Waals surface area contributed by atoms with Crippen molar-refractivity contribution in [3.05, 3.63) is 5.82 Å². The van der Waals surface area contributed by atoms with E-state index in [0.29, 0.717) is 25.1 Å². The van der Waals surface area contributed by atoms with Crippen LogP contribution >= 0.6 is 0 Å². The summed E-state index contributed by atoms with van der Waals surface area (Å²) >= 11 is 0. The predicted molar refractivity (Wildman–Crippen MR) is 73.2 cm³/mol. The molecule has 1 aliphatic carbocycles. The lowest BCUT2D eigenvalue weighted by molar-refractivity contribution is 0.174. The molecule has 20 heavy (non-hydrogen) atoms. The van der Waals surface area contributed by atoms with E-state index in [4.69, 9.17) is 14.4 Å². The Labute approximate surface area is 119 Å². The Morgan fingerprint density at radius 1 is 1.40 bits per heavy atom. The number of ether oxygens (including phenoxy) is 1. The lowest BCUT2D eigenvalue weighted by Gasteiger charge is -2.30. The van der Waals surface area contributed by atoms with Gasteiger partial charge in [0.1, 0.15) is 6.61 Å². The summed E-state index contributed by atoms with van der Waals surface area (Å²) in [6.07, 6.45) is 4.67. The number of methoxy groups -OCH3 is 1. The molecule has 6 nitrogen and oxygen atoms in total. The van der Waals surface area contributed by atoms with Gasteiger partial charge in [0.25, 0.3) is 0 Å². The SMILES string of the molecule is COCc1noc(N2CCC([C@H]3C[C@H]3CCO)CC2)n1. The summed E-state index contributed by atoms with van der Waals surface area (Å²) in [5.41, 5.74) is 0. The molecule has 1 aliphatic heterocycles. The van der Waals surface area contributed by atoms with E-state index in [1.165, 1.54) is 19.3 Å². The maximum atomic E-state index is 8.98. The molecule has 3 rings (SSSR count). The molecule has 0 unspecified atom stereocenters. The van der Waals surface area contributed by atoms with Crippen molar-refractivity contribution >= 4 is 6.01 Å². The van der Waals surface area contributed by atoms with E-state index in [1.807, 2.05) is 0 Å². The number of piperidine rings is 1. The van der Waals surface area contributed by atoms with Crippen molar-refractivity contribution in [1.82, 2.24) is 10.1 Å². The molecule has 1 saturated carbocycles. The van der Waals surface area contributed by atoms with Gasteiger partial charge in [-0.1, -0.05) is 5.16 Å². The molecule has 0 aromatic carbocycles. The van der Waals surface area contributed by atoms with Crippen molar-refractivity contribution in [1.29, 1.82) is 0 Å². The highest BCUT2D eigenvalue weighted by Crippen LogP contribution is 2.49. The first-order valence-corrected chi connectivity index (χ1v) is 7.49. The number of anilines is 1. The average molecular weight is 281 g/mol. The van der Waals surface area contributed by atoms with E-state index in [0.717, 1.165) is 37.3 Å². The average Bonchev–Trinajstić information content (AvgIpc) is 3.08. The normalized spacial score (nSPS) is 27.0. The van der Waals surface area contributed by atoms with E-state index in [1.54, 1.807) is 7.11 Å². The van der Waals surface area contributed by atoms with Gasteiger partial charge in [-0.25, -0.2) is 0 Å². The minimum Gasteiger partial charge on any atom is -0.396 e. The number of rotatable bonds is 6. The van der Waals surface area contributed by atoms with Gasteiger partial charge in [0.2, 0.25) is 0 Å². The Morgan fingerprint density at radius 2 is 2.20 bits per heavy atom. The number of aliphatic hydroxyl groups excluding tert-OH is 1. The topological polar surface area (TPSA) is 71.6 Å². The summed E-state index contributed by atoms with van der Waals surface area (Å²) < 4.78 is 10.3. The van der Waals surface area contributed by atoms with Crippen molar-refractivity contribution in [2.24, 2.45) is 17.8 Å². The molecule has 1 aromatic rings. The first-order chi connectivity index (χ1) is 9.81. The van der Waals surface area contributed by atoms with Crippen LogP contribution in [0.5, 0.6) is 0 Å². The number of aliphatic hydroxyl groups is 1. The van der Waals surface area contributed by atoms with Gasteiger partial charge in [0.05, 0.1) is 0 Å². The van der Waals surface area contributed by atoms with Gasteiger partial charge in [0.15, 0.2) is 5.82 Å². The zero-order chi connectivity index (χ0) is 13.9. The van der Waals surface area contributed by atoms with Crippen molar-refractivity contribution < 1.29 is 14.4 Å². The third-order valence-corrected chi connectivity index (χ3v) is 4.62. The highest BCUT2D eigenvalue weighted by atomic mass is 16.5. The van der Waals surface area contributed by atoms with E-state index in [2.05, 4.69) is 15.0 Å². The van der Waals surface area contributed by atoms with Crippen LogP contribution in [0.2, 0.25) is 0 Å². The fourth-order valence-corrected chi connectivity index (χ4v) is 3.43. The van der Waals surface area contributed by atoms with Crippen LogP contribution in [-0.4, -0.2) is 42.1 Å². The summed E-state index contributed by atoms with van der Waals surface area (Å²) in [7, 11) is 1.62. The Morgan fingerprint density at radius 3 is 2.90 bits per heavy atom. The number of hydrogen-bond acceptors (Lipinski definition) is 6. The third-order valence-electron chi connectivity index (χ3n) is 4.62. The Kier molecular flexibility index (Phi) is 4.21. The first kappa shape index (κ1) is 13.8. The molecule has 6 heteroatoms. The van der Waals surface area contributed by atoms with E-state index < -0.39 is 0 Å². The molecular weight excluding hydrogens is 258 g/mol. The van der Waals surface area contributed by atoms with E-state index in [-0.39, 0.29) is 0 Å². The molecule has 2 atom stereocenters. The zero-order valence-corrected chi connectivity index (χ0v) is 12.0. The van der Waals surface area contributed by atoms with Crippen LogP contribution in [-0.2, 0) is 11.3 Å². The van der Waals surface area contributed by atoms with Gasteiger partial charge < -0.3 is 19.3 Å². The van der Waals surface area contributed by atoms with Crippen LogP contribution in [0.1, 0.15) is 31.5 Å². The largest absolute Gasteiger partial charge is 0.396 e. The van der Waals surface area contributed by atoms with Crippen molar-refractivity contribution in [2.75, 3.05) is 31.7 Å². The van der Waals surface area contributed by atoms with Gasteiger partial charge in [-0.2, -0.15) is 4.98 Å². The second-order valence-electron chi connectivity index (χ2n) is 5.92. The monoisotopic (exact) mass is 281 g/mol. The first-order valence-electron chi connectivity index (χ1n) is 7.49. The molecule has 2 heterocycles. The van der Waals surface area contributed by atoms with E-state index >= 15 is 0 Å². The van der Waals surface area contributed by atoms with Crippen molar-refractivity contribution in [3.63, 3.8) is 0 Å². The van der Waals surface area contributed by atoms with Crippen molar-refractivity contribution in [2.45, 2.75) is 32.3 Å². The van der Waals surface area contributed by atoms with Gasteiger partial charge in [-0.3, -0.25) is 0 Å². The van der Waals surface area contributed by atoms with Crippen LogP contribution in [0.4, 0.5) is 6.01 Å². The lowest BCUT2D eigenvalue weighted by Crippen LogP contribution is -2.34. The Balaban J connectivity index is 1.48. The van der Waals surface area contributed by atoms with Crippen LogP contribution in [0, 0.1) is 17.8 Å². The van der Waals surface area contributed by atoms with Crippen molar-refractivity contribution in [3.8, 4) is 0 Å².